The van der Waals surface area contributed by atoms with Crippen molar-refractivity contribution < 1.29 is 14.3 Å². The highest BCUT2D eigenvalue weighted by atomic mass is 32.1. The molecule has 0 aliphatic rings. The van der Waals surface area contributed by atoms with E-state index in [-0.39, 0.29) is 36.1 Å². The maximum absolute atomic E-state index is 12.3. The Hall–Kier alpha value is -3.10. The predicted molar refractivity (Wildman–Crippen MR) is 121 cm³/mol. The Balaban J connectivity index is 1.36. The zero-order valence-corrected chi connectivity index (χ0v) is 18.4. The molecule has 2 aromatic carbocycles. The van der Waals surface area contributed by atoms with Gasteiger partial charge in [0.05, 0.1) is 0 Å². The van der Waals surface area contributed by atoms with E-state index in [1.165, 1.54) is 5.56 Å². The lowest BCUT2D eigenvalue weighted by atomic mass is 10.1. The second-order valence-corrected chi connectivity index (χ2v) is 8.37. The third-order valence-electron chi connectivity index (χ3n) is 4.55. The molecule has 0 spiro atoms. The van der Waals surface area contributed by atoms with E-state index in [0.29, 0.717) is 10.7 Å². The van der Waals surface area contributed by atoms with Crippen molar-refractivity contribution in [1.82, 2.24) is 15.5 Å². The minimum absolute atomic E-state index is 0.0508. The number of hydrogen-bond acceptors (Lipinski definition) is 6. The van der Waals surface area contributed by atoms with E-state index in [4.69, 9.17) is 4.74 Å². The first-order valence-corrected chi connectivity index (χ1v) is 10.9. The summed E-state index contributed by atoms with van der Waals surface area (Å²) >= 11 is 1.14. The lowest BCUT2D eigenvalue weighted by Crippen LogP contribution is -2.35. The molecule has 162 valence electrons. The van der Waals surface area contributed by atoms with E-state index in [1.807, 2.05) is 56.3 Å². The summed E-state index contributed by atoms with van der Waals surface area (Å²) in [6.45, 7) is 4.01. The Labute approximate surface area is 185 Å². The number of nitrogens with one attached hydrogen (secondary N) is 2. The maximum Gasteiger partial charge on any atom is 0.286 e. The van der Waals surface area contributed by atoms with Crippen LogP contribution < -0.4 is 10.6 Å². The van der Waals surface area contributed by atoms with Gasteiger partial charge in [0.2, 0.25) is 10.9 Å². The van der Waals surface area contributed by atoms with Crippen molar-refractivity contribution in [3.05, 3.63) is 75.7 Å². The number of benzene rings is 2. The van der Waals surface area contributed by atoms with Crippen molar-refractivity contribution in [1.29, 1.82) is 0 Å². The maximum atomic E-state index is 12.3. The fraction of sp³-hybridized carbons (Fsp3) is 0.304. The Morgan fingerprint density at radius 1 is 1.06 bits per heavy atom. The number of hydrogen-bond donors (Lipinski definition) is 2. The zero-order valence-electron chi connectivity index (χ0n) is 17.6. The van der Waals surface area contributed by atoms with Crippen molar-refractivity contribution in [3.8, 4) is 0 Å². The molecule has 0 saturated heterocycles. The first-order valence-electron chi connectivity index (χ1n) is 10.1. The molecule has 7 nitrogen and oxygen atoms in total. The third kappa shape index (κ3) is 7.58. The Morgan fingerprint density at radius 2 is 1.81 bits per heavy atom. The van der Waals surface area contributed by atoms with Gasteiger partial charge in [-0.3, -0.25) is 9.59 Å². The molecular formula is C23H26N4O3S. The van der Waals surface area contributed by atoms with E-state index in [2.05, 4.69) is 33.0 Å². The molecule has 2 N–H and O–H groups in total. The molecule has 8 heteroatoms. The van der Waals surface area contributed by atoms with Crippen LogP contribution >= 0.6 is 11.3 Å². The van der Waals surface area contributed by atoms with Gasteiger partial charge in [-0.05, 0) is 44.4 Å². The number of rotatable bonds is 10. The highest BCUT2D eigenvalue weighted by Gasteiger charge is 2.14. The standard InChI is InChI=1S/C23H26N4O3S/c1-16-8-12-19(13-9-16)25-22(29)23-27-26-21(31-23)15-30-14-20(28)24-17(2)10-11-18-6-4-3-5-7-18/h3-9,12-13,17H,10-11,14-15H2,1-2H3,(H,24,28)(H,25,29)/t17-/m0/s1. The number of aryl methyl sites for hydroxylation is 2. The van der Waals surface area contributed by atoms with E-state index in [0.717, 1.165) is 29.7 Å². The largest absolute Gasteiger partial charge is 0.364 e. The molecule has 1 aromatic heterocycles. The molecule has 0 aliphatic carbocycles. The lowest BCUT2D eigenvalue weighted by Gasteiger charge is -2.13. The fourth-order valence-electron chi connectivity index (χ4n) is 2.87. The number of nitrogens with zero attached hydrogens (tertiary/aromatic N) is 2. The molecule has 3 rings (SSSR count). The van der Waals surface area contributed by atoms with Gasteiger partial charge in [0.1, 0.15) is 18.2 Å². The van der Waals surface area contributed by atoms with Crippen molar-refractivity contribution in [2.45, 2.75) is 39.3 Å². The van der Waals surface area contributed by atoms with Crippen LogP contribution in [0.2, 0.25) is 0 Å². The van der Waals surface area contributed by atoms with Gasteiger partial charge in [-0.25, -0.2) is 0 Å². The molecular weight excluding hydrogens is 412 g/mol. The van der Waals surface area contributed by atoms with Crippen LogP contribution in [0.15, 0.2) is 54.6 Å². The molecule has 0 bridgehead atoms. The molecule has 31 heavy (non-hydrogen) atoms. The monoisotopic (exact) mass is 438 g/mol. The molecule has 0 fully saturated rings. The molecule has 0 unspecified atom stereocenters. The van der Waals surface area contributed by atoms with E-state index in [1.54, 1.807) is 0 Å². The highest BCUT2D eigenvalue weighted by molar-refractivity contribution is 7.13. The summed E-state index contributed by atoms with van der Waals surface area (Å²) in [5.74, 6) is -0.500. The topological polar surface area (TPSA) is 93.2 Å². The van der Waals surface area contributed by atoms with Gasteiger partial charge < -0.3 is 15.4 Å². The second kappa shape index (κ2) is 11.3. The average molecular weight is 439 g/mol. The van der Waals surface area contributed by atoms with Crippen molar-refractivity contribution in [3.63, 3.8) is 0 Å². The van der Waals surface area contributed by atoms with Gasteiger partial charge in [0.15, 0.2) is 0 Å². The summed E-state index contributed by atoms with van der Waals surface area (Å²) in [5.41, 5.74) is 3.06. The minimum Gasteiger partial charge on any atom is -0.364 e. The van der Waals surface area contributed by atoms with E-state index < -0.39 is 0 Å². The molecule has 1 atom stereocenters. The molecule has 0 aliphatic heterocycles. The van der Waals surface area contributed by atoms with Crippen molar-refractivity contribution in [2.24, 2.45) is 0 Å². The molecule has 3 aromatic rings. The van der Waals surface area contributed by atoms with Gasteiger partial charge in [-0.2, -0.15) is 0 Å². The molecule has 0 saturated carbocycles. The lowest BCUT2D eigenvalue weighted by molar-refractivity contribution is -0.126. The molecule has 1 heterocycles. The Bertz CT molecular complexity index is 990. The Kier molecular flexibility index (Phi) is 8.26. The fourth-order valence-corrected chi connectivity index (χ4v) is 3.55. The predicted octanol–water partition coefficient (Wildman–Crippen LogP) is 3.75. The van der Waals surface area contributed by atoms with Crippen LogP contribution in [0, 0.1) is 6.92 Å². The number of ether oxygens (including phenoxy) is 1. The van der Waals surface area contributed by atoms with Crippen LogP contribution in [0.3, 0.4) is 0 Å². The number of aromatic nitrogens is 2. The number of carbonyl (C=O) groups excluding carboxylic acids is 2. The van der Waals surface area contributed by atoms with Crippen LogP contribution in [0.1, 0.15) is 39.3 Å². The molecule has 2 amide bonds. The van der Waals surface area contributed by atoms with Crippen LogP contribution in [0.25, 0.3) is 0 Å². The van der Waals surface area contributed by atoms with Gasteiger partial charge in [-0.15, -0.1) is 10.2 Å². The number of carbonyl (C=O) groups is 2. The third-order valence-corrected chi connectivity index (χ3v) is 5.44. The Morgan fingerprint density at radius 3 is 2.55 bits per heavy atom. The smallest absolute Gasteiger partial charge is 0.286 e. The van der Waals surface area contributed by atoms with Crippen molar-refractivity contribution in [2.75, 3.05) is 11.9 Å². The summed E-state index contributed by atoms with van der Waals surface area (Å²) < 4.78 is 5.43. The van der Waals surface area contributed by atoms with Crippen molar-refractivity contribution >= 4 is 28.8 Å². The summed E-state index contributed by atoms with van der Waals surface area (Å²) in [6.07, 6.45) is 1.76. The minimum atomic E-state index is -0.322. The summed E-state index contributed by atoms with van der Waals surface area (Å²) in [5, 5.41) is 14.4. The average Bonchev–Trinajstić information content (AvgIpc) is 3.24. The first kappa shape index (κ1) is 22.6. The van der Waals surface area contributed by atoms with Gasteiger partial charge in [0, 0.05) is 11.7 Å². The van der Waals surface area contributed by atoms with Crippen LogP contribution in [0.4, 0.5) is 5.69 Å². The number of amides is 2. The summed E-state index contributed by atoms with van der Waals surface area (Å²) in [6, 6.07) is 17.7. The summed E-state index contributed by atoms with van der Waals surface area (Å²) in [7, 11) is 0. The highest BCUT2D eigenvalue weighted by Crippen LogP contribution is 2.14. The SMILES string of the molecule is Cc1ccc(NC(=O)c2nnc(COCC(=O)N[C@@H](C)CCc3ccccc3)s2)cc1. The summed E-state index contributed by atoms with van der Waals surface area (Å²) in [4.78, 5) is 24.3. The number of anilines is 1. The van der Waals surface area contributed by atoms with Gasteiger partial charge in [0.25, 0.3) is 5.91 Å². The van der Waals surface area contributed by atoms with Gasteiger partial charge >= 0.3 is 0 Å². The normalized spacial score (nSPS) is 11.7. The molecule has 0 radical (unpaired) electrons. The van der Waals surface area contributed by atoms with E-state index >= 15 is 0 Å². The zero-order chi connectivity index (χ0) is 22.1. The van der Waals surface area contributed by atoms with Gasteiger partial charge in [-0.1, -0.05) is 59.4 Å². The quantitative estimate of drug-likeness (QED) is 0.503. The van der Waals surface area contributed by atoms with Crippen LogP contribution in [-0.4, -0.2) is 34.7 Å². The van der Waals surface area contributed by atoms with Crippen LogP contribution in [0.5, 0.6) is 0 Å². The first-order chi connectivity index (χ1) is 15.0. The van der Waals surface area contributed by atoms with E-state index in [9.17, 15) is 9.59 Å². The second-order valence-electron chi connectivity index (χ2n) is 7.31. The van der Waals surface area contributed by atoms with Crippen LogP contribution in [-0.2, 0) is 22.6 Å².